The number of aryl methyl sites for hydroxylation is 3. The predicted octanol–water partition coefficient (Wildman–Crippen LogP) is 1.86. The maximum atomic E-state index is 12.7. The maximum absolute atomic E-state index is 12.7. The molecule has 0 spiro atoms. The van der Waals surface area contributed by atoms with E-state index in [0.717, 1.165) is 35.7 Å². The van der Waals surface area contributed by atoms with E-state index >= 15 is 0 Å². The Morgan fingerprint density at radius 1 is 1.41 bits per heavy atom. The number of halogens is 1. The minimum Gasteiger partial charge on any atom is -0.360 e. The van der Waals surface area contributed by atoms with Gasteiger partial charge >= 0.3 is 0 Å². The molecule has 0 saturated heterocycles. The van der Waals surface area contributed by atoms with Gasteiger partial charge in [0, 0.05) is 63.3 Å². The summed E-state index contributed by atoms with van der Waals surface area (Å²) < 4.78 is 8.91. The summed E-state index contributed by atoms with van der Waals surface area (Å²) in [6, 6.07) is 1.64. The van der Waals surface area contributed by atoms with Crippen molar-refractivity contribution in [2.45, 2.75) is 39.3 Å². The number of aromatic nitrogens is 6. The van der Waals surface area contributed by atoms with Crippen LogP contribution in [0.15, 0.2) is 16.9 Å². The van der Waals surface area contributed by atoms with Gasteiger partial charge in [-0.05, 0) is 6.92 Å². The van der Waals surface area contributed by atoms with Crippen molar-refractivity contribution < 1.29 is 9.32 Å². The van der Waals surface area contributed by atoms with Crippen molar-refractivity contribution in [1.82, 2.24) is 34.6 Å². The van der Waals surface area contributed by atoms with Crippen molar-refractivity contribution in [1.29, 1.82) is 0 Å². The van der Waals surface area contributed by atoms with Crippen LogP contribution in [0, 0.1) is 0 Å². The molecule has 142 valence electrons. The maximum Gasteiger partial charge on any atom is 0.223 e. The van der Waals surface area contributed by atoms with Crippen LogP contribution in [0.2, 0.25) is 5.15 Å². The Hall–Kier alpha value is -2.68. The molecule has 1 amide bonds. The Morgan fingerprint density at radius 2 is 2.26 bits per heavy atom. The first-order valence-corrected chi connectivity index (χ1v) is 9.26. The Kier molecular flexibility index (Phi) is 4.69. The second-order valence-corrected chi connectivity index (χ2v) is 6.91. The fraction of sp³-hybridized carbons (Fsp3) is 0.471. The molecule has 0 radical (unpaired) electrons. The van der Waals surface area contributed by atoms with E-state index in [0.29, 0.717) is 36.8 Å². The lowest BCUT2D eigenvalue weighted by Gasteiger charge is -2.27. The van der Waals surface area contributed by atoms with Crippen LogP contribution in [0.5, 0.6) is 0 Å². The summed E-state index contributed by atoms with van der Waals surface area (Å²) in [4.78, 5) is 14.5. The zero-order chi connectivity index (χ0) is 19.0. The van der Waals surface area contributed by atoms with E-state index in [1.165, 1.54) is 0 Å². The molecule has 0 fully saturated rings. The molecule has 0 atom stereocenters. The van der Waals surface area contributed by atoms with Crippen molar-refractivity contribution >= 4 is 17.5 Å². The van der Waals surface area contributed by atoms with Gasteiger partial charge in [-0.3, -0.25) is 9.48 Å². The third kappa shape index (κ3) is 3.34. The van der Waals surface area contributed by atoms with Gasteiger partial charge in [0.1, 0.15) is 17.8 Å². The Balaban J connectivity index is 1.53. The lowest BCUT2D eigenvalue weighted by molar-refractivity contribution is -0.132. The number of rotatable bonds is 5. The topological polar surface area (TPSA) is 94.9 Å². The molecule has 1 aliphatic rings. The van der Waals surface area contributed by atoms with Crippen molar-refractivity contribution in [3.63, 3.8) is 0 Å². The summed E-state index contributed by atoms with van der Waals surface area (Å²) in [6.07, 6.45) is 3.29. The summed E-state index contributed by atoms with van der Waals surface area (Å²) >= 11 is 5.75. The van der Waals surface area contributed by atoms with E-state index in [2.05, 4.69) is 20.5 Å². The first kappa shape index (κ1) is 17.7. The fourth-order valence-corrected chi connectivity index (χ4v) is 3.60. The van der Waals surface area contributed by atoms with Gasteiger partial charge in [-0.1, -0.05) is 16.8 Å². The second kappa shape index (κ2) is 7.15. The Labute approximate surface area is 160 Å². The monoisotopic (exact) mass is 389 g/mol. The third-order valence-electron chi connectivity index (χ3n) is 4.88. The summed E-state index contributed by atoms with van der Waals surface area (Å²) in [5.41, 5.74) is 2.98. The van der Waals surface area contributed by atoms with Crippen molar-refractivity contribution in [3.8, 4) is 11.5 Å². The number of hydrogen-bond acceptors (Lipinski definition) is 6. The summed E-state index contributed by atoms with van der Waals surface area (Å²) in [6.45, 7) is 3.98. The number of nitrogens with zero attached hydrogens (tertiary/aromatic N) is 7. The van der Waals surface area contributed by atoms with Gasteiger partial charge in [0.25, 0.3) is 0 Å². The van der Waals surface area contributed by atoms with Crippen molar-refractivity contribution in [2.24, 2.45) is 7.05 Å². The summed E-state index contributed by atoms with van der Waals surface area (Å²) in [7, 11) is 1.93. The Morgan fingerprint density at radius 3 is 3.00 bits per heavy atom. The van der Waals surface area contributed by atoms with E-state index in [4.69, 9.17) is 16.1 Å². The second-order valence-electron chi connectivity index (χ2n) is 6.52. The van der Waals surface area contributed by atoms with Crippen LogP contribution >= 0.6 is 11.6 Å². The van der Waals surface area contributed by atoms with Crippen LogP contribution in [0.1, 0.15) is 30.4 Å². The number of hydrogen-bond donors (Lipinski definition) is 0. The van der Waals surface area contributed by atoms with E-state index in [1.807, 2.05) is 28.1 Å². The highest BCUT2D eigenvalue weighted by Gasteiger charge is 2.28. The van der Waals surface area contributed by atoms with Gasteiger partial charge in [-0.15, -0.1) is 10.2 Å². The van der Waals surface area contributed by atoms with Gasteiger partial charge in [-0.25, -0.2) is 0 Å². The number of amides is 1. The average Bonchev–Trinajstić information content (AvgIpc) is 3.38. The molecule has 10 heteroatoms. The highest BCUT2D eigenvalue weighted by atomic mass is 35.5. The van der Waals surface area contributed by atoms with E-state index < -0.39 is 0 Å². The standard InChI is InChI=1S/C17H20ClN7O2/c1-3-24-10-19-20-17(24)16-12-9-25(7-6-13(12)23(2)21-16)15(26)5-4-11-8-14(18)22-27-11/h8,10H,3-7,9H2,1-2H3. The van der Waals surface area contributed by atoms with Crippen molar-refractivity contribution in [2.75, 3.05) is 6.54 Å². The molecule has 0 aromatic carbocycles. The molecule has 0 aliphatic carbocycles. The van der Waals surface area contributed by atoms with Crippen LogP contribution in [0.4, 0.5) is 0 Å². The van der Waals surface area contributed by atoms with E-state index in [-0.39, 0.29) is 5.91 Å². The highest BCUT2D eigenvalue weighted by Crippen LogP contribution is 2.29. The fourth-order valence-electron chi connectivity index (χ4n) is 3.45. The van der Waals surface area contributed by atoms with Gasteiger partial charge in [0.15, 0.2) is 11.0 Å². The molecular weight excluding hydrogens is 370 g/mol. The van der Waals surface area contributed by atoms with Gasteiger partial charge in [0.2, 0.25) is 5.91 Å². The molecule has 0 N–H and O–H groups in total. The molecule has 4 rings (SSSR count). The van der Waals surface area contributed by atoms with Crippen molar-refractivity contribution in [3.05, 3.63) is 34.6 Å². The van der Waals surface area contributed by atoms with Crippen LogP contribution in [0.25, 0.3) is 11.5 Å². The minimum absolute atomic E-state index is 0.0694. The lowest BCUT2D eigenvalue weighted by atomic mass is 10.0. The molecule has 1 aliphatic heterocycles. The summed E-state index contributed by atoms with van der Waals surface area (Å²) in [5.74, 6) is 1.42. The molecule has 0 bridgehead atoms. The molecule has 0 unspecified atom stereocenters. The van der Waals surface area contributed by atoms with Gasteiger partial charge in [0.05, 0.1) is 0 Å². The highest BCUT2D eigenvalue weighted by molar-refractivity contribution is 6.29. The SMILES string of the molecule is CCn1cnnc1-c1nn(C)c2c1CN(C(=O)CCc1cc(Cl)no1)CC2. The lowest BCUT2D eigenvalue weighted by Crippen LogP contribution is -2.36. The molecule has 3 aromatic heterocycles. The summed E-state index contributed by atoms with van der Waals surface area (Å²) in [5, 5.41) is 16.8. The molecule has 4 heterocycles. The van der Waals surface area contributed by atoms with E-state index in [9.17, 15) is 4.79 Å². The Bertz CT molecular complexity index is 974. The minimum atomic E-state index is 0.0694. The largest absolute Gasteiger partial charge is 0.360 e. The first-order valence-electron chi connectivity index (χ1n) is 8.88. The average molecular weight is 390 g/mol. The van der Waals surface area contributed by atoms with Crippen LogP contribution in [0.3, 0.4) is 0 Å². The molecule has 3 aromatic rings. The molecule has 0 saturated carbocycles. The zero-order valence-electron chi connectivity index (χ0n) is 15.2. The third-order valence-corrected chi connectivity index (χ3v) is 5.06. The predicted molar refractivity (Wildman–Crippen MR) is 96.9 cm³/mol. The zero-order valence-corrected chi connectivity index (χ0v) is 16.0. The molecule has 9 nitrogen and oxygen atoms in total. The quantitative estimate of drug-likeness (QED) is 0.661. The van der Waals surface area contributed by atoms with E-state index in [1.54, 1.807) is 12.4 Å². The van der Waals surface area contributed by atoms with Crippen LogP contribution < -0.4 is 0 Å². The van der Waals surface area contributed by atoms with Gasteiger partial charge < -0.3 is 14.0 Å². The normalized spacial score (nSPS) is 13.8. The van der Waals surface area contributed by atoms with Crippen LogP contribution in [-0.4, -0.2) is 47.1 Å². The number of fused-ring (bicyclic) bond motifs is 1. The number of carbonyl (C=O) groups is 1. The first-order chi connectivity index (χ1) is 13.1. The van der Waals surface area contributed by atoms with Gasteiger partial charge in [-0.2, -0.15) is 5.10 Å². The van der Waals surface area contributed by atoms with Crippen LogP contribution in [-0.2, 0) is 37.8 Å². The number of carbonyl (C=O) groups excluding carboxylic acids is 1. The molecule has 27 heavy (non-hydrogen) atoms. The molecular formula is C17H20ClN7O2. The smallest absolute Gasteiger partial charge is 0.223 e.